The van der Waals surface area contributed by atoms with Crippen LogP contribution in [0.3, 0.4) is 0 Å². The van der Waals surface area contributed by atoms with Gasteiger partial charge in [-0.15, -0.1) is 0 Å². The van der Waals surface area contributed by atoms with Crippen molar-refractivity contribution in [2.45, 2.75) is 31.1 Å². The van der Waals surface area contributed by atoms with E-state index in [0.717, 1.165) is 17.4 Å². The third kappa shape index (κ3) is 4.70. The topological polar surface area (TPSA) is 57.6 Å². The minimum atomic E-state index is -4.65. The van der Waals surface area contributed by atoms with Crippen molar-refractivity contribution >= 4 is 23.3 Å². The van der Waals surface area contributed by atoms with Crippen LogP contribution in [-0.4, -0.2) is 34.0 Å². The maximum absolute atomic E-state index is 14.1. The average molecular weight is 549 g/mol. The minimum Gasteiger partial charge on any atom is -0.316 e. The van der Waals surface area contributed by atoms with E-state index in [4.69, 9.17) is 0 Å². The van der Waals surface area contributed by atoms with Gasteiger partial charge in [0, 0.05) is 12.2 Å². The van der Waals surface area contributed by atoms with Crippen LogP contribution in [0.4, 0.5) is 33.7 Å². The summed E-state index contributed by atoms with van der Waals surface area (Å²) in [6, 6.07) is 20.0. The molecular weight excluding hydrogens is 524 g/mol. The number of anilines is 2. The van der Waals surface area contributed by atoms with Gasteiger partial charge in [-0.2, -0.15) is 13.2 Å². The molecule has 1 atom stereocenters. The molecule has 1 unspecified atom stereocenters. The number of urea groups is 1. The van der Waals surface area contributed by atoms with Crippen LogP contribution in [-0.2, 0) is 11.0 Å². The molecule has 10 heteroatoms. The number of para-hydroxylation sites is 3. The minimum absolute atomic E-state index is 0.268. The second-order valence-electron chi connectivity index (χ2n) is 9.84. The summed E-state index contributed by atoms with van der Waals surface area (Å²) in [7, 11) is 0. The molecule has 1 aliphatic heterocycles. The summed E-state index contributed by atoms with van der Waals surface area (Å²) in [5.74, 6) is -0.829. The number of fused-ring (bicyclic) bond motifs is 3. The Labute approximate surface area is 227 Å². The van der Waals surface area contributed by atoms with Crippen molar-refractivity contribution in [3.63, 3.8) is 0 Å². The fourth-order valence-corrected chi connectivity index (χ4v) is 5.22. The monoisotopic (exact) mass is 548 g/mol. The zero-order chi connectivity index (χ0) is 28.0. The Hall–Kier alpha value is -4.60. The Bertz CT molecular complexity index is 1580. The fraction of sp³-hybridized carbons (Fsp3) is 0.200. The van der Waals surface area contributed by atoms with Gasteiger partial charge in [-0.1, -0.05) is 36.4 Å². The normalized spacial score (nSPS) is 16.2. The third-order valence-electron chi connectivity index (χ3n) is 7.20. The van der Waals surface area contributed by atoms with Crippen molar-refractivity contribution in [3.8, 4) is 5.69 Å². The molecule has 2 heterocycles. The summed E-state index contributed by atoms with van der Waals surface area (Å²) in [5, 5.41) is 2.38. The van der Waals surface area contributed by atoms with Crippen LogP contribution in [0.25, 0.3) is 5.69 Å². The Morgan fingerprint density at radius 1 is 0.875 bits per heavy atom. The maximum Gasteiger partial charge on any atom is 0.418 e. The highest BCUT2D eigenvalue weighted by molar-refractivity contribution is 6.01. The van der Waals surface area contributed by atoms with Crippen LogP contribution >= 0.6 is 0 Å². The predicted octanol–water partition coefficient (Wildman–Crippen LogP) is 6.77. The van der Waals surface area contributed by atoms with Crippen LogP contribution in [0.1, 0.15) is 35.7 Å². The second-order valence-corrected chi connectivity index (χ2v) is 9.84. The van der Waals surface area contributed by atoms with Crippen LogP contribution < -0.4 is 10.2 Å². The van der Waals surface area contributed by atoms with Crippen molar-refractivity contribution in [1.82, 2.24) is 9.47 Å². The standard InChI is InChI=1S/C30H24F4N4O2/c31-20-13-11-19(12-14-20)28-26-10-5-17-36(26)24-8-3-4-9-25(24)38(28)27(39)18-37(21-15-16-21)29(40)35-23-7-2-1-6-22(23)30(32,33)34/h1-14,17,21,28H,15-16,18H2,(H,35,40). The van der Waals surface area contributed by atoms with Crippen molar-refractivity contribution < 1.29 is 27.2 Å². The number of nitrogens with one attached hydrogen (secondary N) is 1. The van der Waals surface area contributed by atoms with Crippen molar-refractivity contribution in [1.29, 1.82) is 0 Å². The number of halogens is 4. The average Bonchev–Trinajstić information content (AvgIpc) is 3.66. The SMILES string of the molecule is O=C(Nc1ccccc1C(F)(F)F)N(CC(=O)N1c2ccccc2-n2cccc2C1c1ccc(F)cc1)C1CC1. The first-order valence-electron chi connectivity index (χ1n) is 12.8. The summed E-state index contributed by atoms with van der Waals surface area (Å²) < 4.78 is 56.4. The fourth-order valence-electron chi connectivity index (χ4n) is 5.22. The first-order chi connectivity index (χ1) is 19.2. The van der Waals surface area contributed by atoms with E-state index in [-0.39, 0.29) is 18.3 Å². The number of alkyl halides is 3. The predicted molar refractivity (Wildman–Crippen MR) is 142 cm³/mol. The quantitative estimate of drug-likeness (QED) is 0.280. The number of benzene rings is 3. The van der Waals surface area contributed by atoms with Crippen LogP contribution in [0.15, 0.2) is 91.1 Å². The van der Waals surface area contributed by atoms with Gasteiger partial charge in [-0.3, -0.25) is 9.69 Å². The molecule has 3 aromatic carbocycles. The molecule has 1 aliphatic carbocycles. The van der Waals surface area contributed by atoms with Gasteiger partial charge >= 0.3 is 12.2 Å². The number of carbonyl (C=O) groups is 2. The number of amides is 3. The number of hydrogen-bond donors (Lipinski definition) is 1. The summed E-state index contributed by atoms with van der Waals surface area (Å²) in [6.45, 7) is -0.350. The molecule has 2 aliphatic rings. The molecule has 204 valence electrons. The highest BCUT2D eigenvalue weighted by atomic mass is 19.4. The number of hydrogen-bond acceptors (Lipinski definition) is 2. The molecule has 40 heavy (non-hydrogen) atoms. The van der Waals surface area contributed by atoms with Gasteiger partial charge < -0.3 is 14.8 Å². The number of rotatable bonds is 5. The Morgan fingerprint density at radius 2 is 1.55 bits per heavy atom. The van der Waals surface area contributed by atoms with E-state index in [2.05, 4.69) is 5.32 Å². The van der Waals surface area contributed by atoms with E-state index in [1.54, 1.807) is 29.2 Å². The van der Waals surface area contributed by atoms with Crippen molar-refractivity contribution in [2.75, 3.05) is 16.8 Å². The van der Waals surface area contributed by atoms with Gasteiger partial charge in [-0.05, 0) is 66.9 Å². The van der Waals surface area contributed by atoms with Gasteiger partial charge in [0.1, 0.15) is 18.4 Å². The summed E-state index contributed by atoms with van der Waals surface area (Å²) in [6.07, 6.45) is -1.49. The lowest BCUT2D eigenvalue weighted by molar-refractivity contribution is -0.137. The van der Waals surface area contributed by atoms with E-state index in [9.17, 15) is 27.2 Å². The lowest BCUT2D eigenvalue weighted by atomic mass is 9.97. The second kappa shape index (κ2) is 9.86. The van der Waals surface area contributed by atoms with Gasteiger partial charge in [0.15, 0.2) is 0 Å². The molecule has 0 bridgehead atoms. The first kappa shape index (κ1) is 25.7. The molecule has 1 N–H and O–H groups in total. The third-order valence-corrected chi connectivity index (χ3v) is 7.20. The molecule has 1 fully saturated rings. The molecule has 0 radical (unpaired) electrons. The zero-order valence-corrected chi connectivity index (χ0v) is 21.1. The molecule has 0 saturated heterocycles. The Kier molecular flexibility index (Phi) is 6.32. The molecular formula is C30H24F4N4O2. The molecule has 6 nitrogen and oxygen atoms in total. The smallest absolute Gasteiger partial charge is 0.316 e. The van der Waals surface area contributed by atoms with Crippen LogP contribution in [0.5, 0.6) is 0 Å². The molecule has 1 saturated carbocycles. The molecule has 3 amide bonds. The van der Waals surface area contributed by atoms with E-state index in [0.29, 0.717) is 24.1 Å². The highest BCUT2D eigenvalue weighted by Gasteiger charge is 2.41. The van der Waals surface area contributed by atoms with Gasteiger partial charge in [0.2, 0.25) is 5.91 Å². The van der Waals surface area contributed by atoms with Crippen LogP contribution in [0, 0.1) is 5.82 Å². The highest BCUT2D eigenvalue weighted by Crippen LogP contribution is 2.43. The molecule has 6 rings (SSSR count). The Balaban J connectivity index is 1.35. The number of carbonyl (C=O) groups excluding carboxylic acids is 2. The number of aromatic nitrogens is 1. The van der Waals surface area contributed by atoms with E-state index in [1.807, 2.05) is 35.0 Å². The summed E-state index contributed by atoms with van der Waals surface area (Å²) >= 11 is 0. The van der Waals surface area contributed by atoms with E-state index >= 15 is 0 Å². The maximum atomic E-state index is 14.1. The molecule has 0 spiro atoms. The lowest BCUT2D eigenvalue weighted by Crippen LogP contribution is -2.48. The summed E-state index contributed by atoms with van der Waals surface area (Å²) in [5.41, 5.74) is 1.47. The molecule has 1 aromatic heterocycles. The van der Waals surface area contributed by atoms with Crippen LogP contribution in [0.2, 0.25) is 0 Å². The van der Waals surface area contributed by atoms with E-state index in [1.165, 1.54) is 35.2 Å². The van der Waals surface area contributed by atoms with Crippen molar-refractivity contribution in [3.05, 3.63) is 114 Å². The van der Waals surface area contributed by atoms with Gasteiger partial charge in [-0.25, -0.2) is 9.18 Å². The van der Waals surface area contributed by atoms with Crippen molar-refractivity contribution in [2.24, 2.45) is 0 Å². The van der Waals surface area contributed by atoms with E-state index < -0.39 is 35.5 Å². The van der Waals surface area contributed by atoms with Gasteiger partial charge in [0.05, 0.1) is 28.3 Å². The number of nitrogens with zero attached hydrogens (tertiary/aromatic N) is 3. The first-order valence-corrected chi connectivity index (χ1v) is 12.8. The molecule has 4 aromatic rings. The zero-order valence-electron chi connectivity index (χ0n) is 21.1. The summed E-state index contributed by atoms with van der Waals surface area (Å²) in [4.78, 5) is 30.3. The lowest BCUT2D eigenvalue weighted by Gasteiger charge is -2.39. The Morgan fingerprint density at radius 3 is 2.25 bits per heavy atom. The van der Waals surface area contributed by atoms with Gasteiger partial charge in [0.25, 0.3) is 0 Å². The largest absolute Gasteiger partial charge is 0.418 e.